The second-order valence-corrected chi connectivity index (χ2v) is 2.69. The van der Waals surface area contributed by atoms with Crippen LogP contribution in [0.2, 0.25) is 0 Å². The van der Waals surface area contributed by atoms with E-state index in [1.807, 2.05) is 6.08 Å². The van der Waals surface area contributed by atoms with E-state index in [2.05, 4.69) is 16.6 Å². The van der Waals surface area contributed by atoms with Gasteiger partial charge in [-0.1, -0.05) is 6.08 Å². The number of ether oxygens (including phenoxy) is 1. The maximum Gasteiger partial charge on any atom is 0.310 e. The molecule has 1 N–H and O–H groups in total. The minimum Gasteiger partial charge on any atom is -0.469 e. The van der Waals surface area contributed by atoms with E-state index in [0.29, 0.717) is 6.54 Å². The normalized spacial score (nSPS) is 29.9. The quantitative estimate of drug-likeness (QED) is 0.456. The molecule has 3 heteroatoms. The van der Waals surface area contributed by atoms with Crippen molar-refractivity contribution < 1.29 is 9.53 Å². The third kappa shape index (κ3) is 1.60. The molecule has 2 atom stereocenters. The molecule has 2 unspecified atom stereocenters. The molecule has 0 radical (unpaired) electrons. The zero-order chi connectivity index (χ0) is 8.27. The van der Waals surface area contributed by atoms with Crippen LogP contribution in [0.15, 0.2) is 12.7 Å². The molecular formula is C8H13NO2. The minimum absolute atomic E-state index is 0.0301. The predicted octanol–water partition coefficient (Wildman–Crippen LogP) is 0.181. The number of methoxy groups -OCH3 is 1. The molecule has 1 rings (SSSR count). The molecule has 1 aliphatic heterocycles. The first kappa shape index (κ1) is 8.27. The summed E-state index contributed by atoms with van der Waals surface area (Å²) in [6.45, 7) is 5.21. The number of hydrogen-bond donors (Lipinski definition) is 1. The summed E-state index contributed by atoms with van der Waals surface area (Å²) in [7, 11) is 1.42. The van der Waals surface area contributed by atoms with Crippen molar-refractivity contribution in [2.75, 3.05) is 20.2 Å². The largest absolute Gasteiger partial charge is 0.469 e. The lowest BCUT2D eigenvalue weighted by molar-refractivity contribution is -0.145. The smallest absolute Gasteiger partial charge is 0.310 e. The molecular weight excluding hydrogens is 142 g/mol. The summed E-state index contributed by atoms with van der Waals surface area (Å²) in [6.07, 6.45) is 1.81. The summed E-state index contributed by atoms with van der Waals surface area (Å²) in [5, 5.41) is 3.12. The van der Waals surface area contributed by atoms with Crippen LogP contribution in [0.25, 0.3) is 0 Å². The molecule has 0 aromatic heterocycles. The Bertz CT molecular complexity index is 167. The summed E-state index contributed by atoms with van der Waals surface area (Å²) in [6, 6.07) is 0. The first-order valence-corrected chi connectivity index (χ1v) is 3.70. The Morgan fingerprint density at radius 2 is 2.45 bits per heavy atom. The Balaban J connectivity index is 2.56. The summed E-state index contributed by atoms with van der Waals surface area (Å²) in [4.78, 5) is 11.1. The fourth-order valence-electron chi connectivity index (χ4n) is 1.36. The van der Waals surface area contributed by atoms with E-state index in [4.69, 9.17) is 0 Å². The molecule has 0 saturated carbocycles. The predicted molar refractivity (Wildman–Crippen MR) is 42.1 cm³/mol. The van der Waals surface area contributed by atoms with Crippen molar-refractivity contribution in [3.63, 3.8) is 0 Å². The van der Waals surface area contributed by atoms with Gasteiger partial charge in [-0.25, -0.2) is 0 Å². The van der Waals surface area contributed by atoms with Crippen molar-refractivity contribution in [2.45, 2.75) is 0 Å². The third-order valence-corrected chi connectivity index (χ3v) is 2.07. The summed E-state index contributed by atoms with van der Waals surface area (Å²) in [5.41, 5.74) is 0. The minimum atomic E-state index is -0.139. The molecule has 11 heavy (non-hydrogen) atoms. The van der Waals surface area contributed by atoms with Crippen LogP contribution in [0.5, 0.6) is 0 Å². The summed E-state index contributed by atoms with van der Waals surface area (Å²) in [5.74, 6) is 0.0693. The zero-order valence-electron chi connectivity index (χ0n) is 6.67. The molecule has 0 aliphatic carbocycles. The highest BCUT2D eigenvalue weighted by Crippen LogP contribution is 2.18. The van der Waals surface area contributed by atoms with Crippen LogP contribution in [-0.4, -0.2) is 26.2 Å². The van der Waals surface area contributed by atoms with Gasteiger partial charge in [0.1, 0.15) is 0 Å². The zero-order valence-corrected chi connectivity index (χ0v) is 6.67. The van der Waals surface area contributed by atoms with Crippen LogP contribution < -0.4 is 5.32 Å². The van der Waals surface area contributed by atoms with Gasteiger partial charge in [0.2, 0.25) is 0 Å². The number of carbonyl (C=O) groups is 1. The highest BCUT2D eigenvalue weighted by molar-refractivity contribution is 5.73. The van der Waals surface area contributed by atoms with E-state index in [9.17, 15) is 4.79 Å². The molecule has 0 aromatic rings. The fraction of sp³-hybridized carbons (Fsp3) is 0.625. The number of carbonyl (C=O) groups excluding carboxylic acids is 1. The van der Waals surface area contributed by atoms with Crippen LogP contribution in [0.1, 0.15) is 0 Å². The van der Waals surface area contributed by atoms with Gasteiger partial charge in [0.25, 0.3) is 0 Å². The number of nitrogens with one attached hydrogen (secondary N) is 1. The van der Waals surface area contributed by atoms with E-state index >= 15 is 0 Å². The molecule has 1 aliphatic rings. The Morgan fingerprint density at radius 3 is 3.00 bits per heavy atom. The van der Waals surface area contributed by atoms with E-state index in [1.54, 1.807) is 0 Å². The van der Waals surface area contributed by atoms with Crippen molar-refractivity contribution in [3.05, 3.63) is 12.7 Å². The van der Waals surface area contributed by atoms with Crippen LogP contribution in [0.3, 0.4) is 0 Å². The molecule has 0 spiro atoms. The standard InChI is InChI=1S/C8H13NO2/c1-3-6-4-9-5-7(6)8(10)11-2/h3,6-7,9H,1,4-5H2,2H3. The van der Waals surface area contributed by atoms with Crippen molar-refractivity contribution in [2.24, 2.45) is 11.8 Å². The molecule has 1 heterocycles. The van der Waals surface area contributed by atoms with Crippen molar-refractivity contribution in [1.82, 2.24) is 5.32 Å². The molecule has 0 aromatic carbocycles. The monoisotopic (exact) mass is 155 g/mol. The van der Waals surface area contributed by atoms with Crippen LogP contribution >= 0.6 is 0 Å². The van der Waals surface area contributed by atoms with Gasteiger partial charge in [-0.3, -0.25) is 4.79 Å². The number of esters is 1. The van der Waals surface area contributed by atoms with Gasteiger partial charge in [-0.2, -0.15) is 0 Å². The van der Waals surface area contributed by atoms with Crippen LogP contribution in [0, 0.1) is 11.8 Å². The first-order chi connectivity index (χ1) is 5.29. The van der Waals surface area contributed by atoms with Crippen molar-refractivity contribution in [1.29, 1.82) is 0 Å². The number of hydrogen-bond acceptors (Lipinski definition) is 3. The van der Waals surface area contributed by atoms with E-state index in [1.165, 1.54) is 7.11 Å². The first-order valence-electron chi connectivity index (χ1n) is 3.70. The highest BCUT2D eigenvalue weighted by Gasteiger charge is 2.31. The van der Waals surface area contributed by atoms with E-state index in [0.717, 1.165) is 6.54 Å². The average molecular weight is 155 g/mol. The Hall–Kier alpha value is -0.830. The van der Waals surface area contributed by atoms with E-state index in [-0.39, 0.29) is 17.8 Å². The molecule has 0 bridgehead atoms. The lowest BCUT2D eigenvalue weighted by Gasteiger charge is -2.10. The lowest BCUT2D eigenvalue weighted by atomic mass is 9.97. The van der Waals surface area contributed by atoms with Crippen molar-refractivity contribution in [3.8, 4) is 0 Å². The van der Waals surface area contributed by atoms with Gasteiger partial charge in [-0.05, 0) is 0 Å². The van der Waals surface area contributed by atoms with Gasteiger partial charge in [0.15, 0.2) is 0 Å². The second-order valence-electron chi connectivity index (χ2n) is 2.69. The molecule has 0 amide bonds. The maximum atomic E-state index is 11.1. The number of rotatable bonds is 2. The van der Waals surface area contributed by atoms with E-state index < -0.39 is 0 Å². The second kappa shape index (κ2) is 3.53. The molecule has 1 saturated heterocycles. The molecule has 62 valence electrons. The fourth-order valence-corrected chi connectivity index (χ4v) is 1.36. The highest BCUT2D eigenvalue weighted by atomic mass is 16.5. The van der Waals surface area contributed by atoms with Crippen LogP contribution in [0.4, 0.5) is 0 Å². The van der Waals surface area contributed by atoms with Gasteiger partial charge in [0, 0.05) is 19.0 Å². The van der Waals surface area contributed by atoms with Gasteiger partial charge >= 0.3 is 5.97 Å². The summed E-state index contributed by atoms with van der Waals surface area (Å²) >= 11 is 0. The average Bonchev–Trinajstić information content (AvgIpc) is 2.50. The Morgan fingerprint density at radius 1 is 1.73 bits per heavy atom. The maximum absolute atomic E-state index is 11.1. The summed E-state index contributed by atoms with van der Waals surface area (Å²) < 4.78 is 4.64. The van der Waals surface area contributed by atoms with Gasteiger partial charge in [0.05, 0.1) is 13.0 Å². The SMILES string of the molecule is C=CC1CNCC1C(=O)OC. The van der Waals surface area contributed by atoms with Gasteiger partial charge < -0.3 is 10.1 Å². The molecule has 3 nitrogen and oxygen atoms in total. The molecule has 1 fully saturated rings. The topological polar surface area (TPSA) is 38.3 Å². The Labute approximate surface area is 66.4 Å². The lowest BCUT2D eigenvalue weighted by Crippen LogP contribution is -2.22. The Kier molecular flexibility index (Phi) is 2.65. The third-order valence-electron chi connectivity index (χ3n) is 2.07. The van der Waals surface area contributed by atoms with Crippen molar-refractivity contribution >= 4 is 5.97 Å². The van der Waals surface area contributed by atoms with Gasteiger partial charge in [-0.15, -0.1) is 6.58 Å². The van der Waals surface area contributed by atoms with Crippen LogP contribution in [-0.2, 0) is 9.53 Å².